The van der Waals surface area contributed by atoms with Crippen molar-refractivity contribution in [2.75, 3.05) is 38.9 Å². The smallest absolute Gasteiger partial charge is 0.145 e. The molecule has 98 valence electrons. The lowest BCUT2D eigenvalue weighted by Gasteiger charge is -2.14. The highest BCUT2D eigenvalue weighted by Gasteiger charge is 2.03. The minimum absolute atomic E-state index is 0.0417. The van der Waals surface area contributed by atoms with Gasteiger partial charge in [0.05, 0.1) is 25.4 Å². The van der Waals surface area contributed by atoms with E-state index in [-0.39, 0.29) is 12.2 Å². The topological polar surface area (TPSA) is 44.8 Å². The van der Waals surface area contributed by atoms with E-state index >= 15 is 0 Å². The van der Waals surface area contributed by atoms with Gasteiger partial charge in [0.25, 0.3) is 0 Å². The second kappa shape index (κ2) is 13.1. The van der Waals surface area contributed by atoms with Crippen LogP contribution in [0.15, 0.2) is 0 Å². The second-order valence-corrected chi connectivity index (χ2v) is 4.65. The fourth-order valence-corrected chi connectivity index (χ4v) is 0.635. The number of methoxy groups -OCH3 is 1. The van der Waals surface area contributed by atoms with Crippen molar-refractivity contribution >= 4 is 22.2 Å². The highest BCUT2D eigenvalue weighted by atomic mass is 79.9. The maximum Gasteiger partial charge on any atom is 0.145 e. The standard InChI is InChI=1S/C6H11BrO3.C5H12O/c7-1-3-9-5-6-10-4-2-8;1-5(2,3)6-4/h2H,1,3-6H2;1-4H3. The van der Waals surface area contributed by atoms with E-state index in [1.165, 1.54) is 0 Å². The van der Waals surface area contributed by atoms with Crippen LogP contribution in [0.1, 0.15) is 20.8 Å². The van der Waals surface area contributed by atoms with Crippen LogP contribution in [0.2, 0.25) is 0 Å². The second-order valence-electron chi connectivity index (χ2n) is 3.86. The minimum Gasteiger partial charge on any atom is -0.379 e. The van der Waals surface area contributed by atoms with E-state index in [2.05, 4.69) is 15.9 Å². The Labute approximate surface area is 107 Å². The molecule has 0 N–H and O–H groups in total. The van der Waals surface area contributed by atoms with Crippen LogP contribution in [0.4, 0.5) is 0 Å². The lowest BCUT2D eigenvalue weighted by Crippen LogP contribution is -2.15. The van der Waals surface area contributed by atoms with Gasteiger partial charge in [-0.2, -0.15) is 0 Å². The van der Waals surface area contributed by atoms with Gasteiger partial charge in [-0.1, -0.05) is 15.9 Å². The Morgan fingerprint density at radius 2 is 1.62 bits per heavy atom. The van der Waals surface area contributed by atoms with Crippen LogP contribution in [0, 0.1) is 0 Å². The maximum atomic E-state index is 9.72. The highest BCUT2D eigenvalue weighted by molar-refractivity contribution is 9.09. The molecule has 0 fully saturated rings. The molecule has 0 atom stereocenters. The Balaban J connectivity index is 0. The van der Waals surface area contributed by atoms with Crippen LogP contribution in [-0.2, 0) is 19.0 Å². The minimum atomic E-state index is 0.0417. The molecule has 0 aromatic carbocycles. The van der Waals surface area contributed by atoms with Crippen molar-refractivity contribution in [1.29, 1.82) is 0 Å². The summed E-state index contributed by atoms with van der Waals surface area (Å²) in [5.74, 6) is 0. The van der Waals surface area contributed by atoms with Crippen molar-refractivity contribution in [1.82, 2.24) is 0 Å². The summed E-state index contributed by atoms with van der Waals surface area (Å²) >= 11 is 3.21. The van der Waals surface area contributed by atoms with Gasteiger partial charge in [0.1, 0.15) is 12.9 Å². The van der Waals surface area contributed by atoms with Gasteiger partial charge in [-0.25, -0.2) is 0 Å². The molecule has 0 rings (SSSR count). The van der Waals surface area contributed by atoms with Gasteiger partial charge in [-0.15, -0.1) is 0 Å². The van der Waals surface area contributed by atoms with Gasteiger partial charge in [0.2, 0.25) is 0 Å². The Bertz CT molecular complexity index is 145. The Morgan fingerprint density at radius 3 is 2.00 bits per heavy atom. The summed E-state index contributed by atoms with van der Waals surface area (Å²) in [6, 6.07) is 0. The third kappa shape index (κ3) is 23.7. The van der Waals surface area contributed by atoms with Crippen LogP contribution in [0.25, 0.3) is 0 Å². The molecule has 0 aliphatic heterocycles. The van der Waals surface area contributed by atoms with Crippen molar-refractivity contribution in [2.24, 2.45) is 0 Å². The summed E-state index contributed by atoms with van der Waals surface area (Å²) in [6.07, 6.45) is 0.727. The molecule has 0 aliphatic rings. The molecule has 0 aromatic rings. The Kier molecular flexibility index (Phi) is 15.1. The number of ether oxygens (including phenoxy) is 3. The van der Waals surface area contributed by atoms with Crippen molar-refractivity contribution in [3.8, 4) is 0 Å². The molecule has 0 spiro atoms. The molecule has 0 radical (unpaired) electrons. The number of alkyl halides is 1. The zero-order valence-corrected chi connectivity index (χ0v) is 12.2. The Morgan fingerprint density at radius 1 is 1.12 bits per heavy atom. The number of hydrogen-bond acceptors (Lipinski definition) is 4. The predicted octanol–water partition coefficient (Wildman–Crippen LogP) is 2.04. The van der Waals surface area contributed by atoms with E-state index in [4.69, 9.17) is 14.2 Å². The van der Waals surface area contributed by atoms with E-state index in [1.807, 2.05) is 20.8 Å². The molecular weight excluding hydrogens is 276 g/mol. The van der Waals surface area contributed by atoms with Gasteiger partial charge in [-0.05, 0) is 20.8 Å². The molecule has 0 heterocycles. The van der Waals surface area contributed by atoms with Gasteiger partial charge in [0.15, 0.2) is 0 Å². The normalized spacial score (nSPS) is 10.6. The largest absolute Gasteiger partial charge is 0.379 e. The molecule has 0 saturated heterocycles. The molecule has 5 heteroatoms. The zero-order valence-electron chi connectivity index (χ0n) is 10.6. The average Bonchev–Trinajstić information content (AvgIpc) is 2.23. The Hall–Kier alpha value is 0.0300. The quantitative estimate of drug-likeness (QED) is 0.410. The van der Waals surface area contributed by atoms with E-state index in [9.17, 15) is 4.79 Å². The first-order valence-electron chi connectivity index (χ1n) is 5.18. The summed E-state index contributed by atoms with van der Waals surface area (Å²) in [4.78, 5) is 9.72. The van der Waals surface area contributed by atoms with Gasteiger partial charge < -0.3 is 19.0 Å². The maximum absolute atomic E-state index is 9.72. The number of halogens is 1. The zero-order chi connectivity index (χ0) is 12.9. The molecule has 0 saturated carbocycles. The number of aldehydes is 1. The van der Waals surface area contributed by atoms with Gasteiger partial charge in [-0.3, -0.25) is 0 Å². The highest BCUT2D eigenvalue weighted by Crippen LogP contribution is 2.02. The van der Waals surface area contributed by atoms with E-state index in [0.717, 1.165) is 11.6 Å². The van der Waals surface area contributed by atoms with E-state index < -0.39 is 0 Å². The van der Waals surface area contributed by atoms with Crippen LogP contribution in [-0.4, -0.2) is 50.8 Å². The first kappa shape index (κ1) is 18.4. The van der Waals surface area contributed by atoms with Crippen LogP contribution >= 0.6 is 15.9 Å². The third-order valence-corrected chi connectivity index (χ3v) is 1.72. The predicted molar refractivity (Wildman–Crippen MR) is 68.3 cm³/mol. The first-order chi connectivity index (χ1) is 7.47. The van der Waals surface area contributed by atoms with Crippen LogP contribution < -0.4 is 0 Å². The summed E-state index contributed by atoms with van der Waals surface area (Å²) in [5, 5.41) is 0.834. The summed E-state index contributed by atoms with van der Waals surface area (Å²) in [6.45, 7) is 7.96. The first-order valence-corrected chi connectivity index (χ1v) is 6.30. The van der Waals surface area contributed by atoms with E-state index in [0.29, 0.717) is 19.8 Å². The van der Waals surface area contributed by atoms with Crippen LogP contribution in [0.5, 0.6) is 0 Å². The monoisotopic (exact) mass is 298 g/mol. The number of rotatable bonds is 7. The fourth-order valence-electron chi connectivity index (χ4n) is 0.406. The number of carbonyl (C=O) groups excluding carboxylic acids is 1. The van der Waals surface area contributed by atoms with Gasteiger partial charge >= 0.3 is 0 Å². The number of carbonyl (C=O) groups is 1. The van der Waals surface area contributed by atoms with Gasteiger partial charge in [0, 0.05) is 12.4 Å². The third-order valence-electron chi connectivity index (χ3n) is 1.39. The van der Waals surface area contributed by atoms with Crippen LogP contribution in [0.3, 0.4) is 0 Å². The molecule has 0 unspecified atom stereocenters. The lowest BCUT2D eigenvalue weighted by atomic mass is 10.2. The molecule has 16 heavy (non-hydrogen) atoms. The average molecular weight is 299 g/mol. The van der Waals surface area contributed by atoms with Crippen molar-refractivity contribution in [2.45, 2.75) is 26.4 Å². The SMILES string of the molecule is COC(C)(C)C.O=CCOCCOCCBr. The lowest BCUT2D eigenvalue weighted by molar-refractivity contribution is -0.112. The summed E-state index contributed by atoms with van der Waals surface area (Å²) < 4.78 is 14.8. The summed E-state index contributed by atoms with van der Waals surface area (Å²) in [5.41, 5.74) is 0.0417. The van der Waals surface area contributed by atoms with Crippen molar-refractivity contribution in [3.05, 3.63) is 0 Å². The fraction of sp³-hybridized carbons (Fsp3) is 0.909. The molecular formula is C11H23BrO4. The van der Waals surface area contributed by atoms with Crippen molar-refractivity contribution < 1.29 is 19.0 Å². The molecule has 4 nitrogen and oxygen atoms in total. The van der Waals surface area contributed by atoms with E-state index in [1.54, 1.807) is 7.11 Å². The molecule has 0 aliphatic carbocycles. The molecule has 0 aromatic heterocycles. The number of hydrogen-bond donors (Lipinski definition) is 0. The molecule has 0 bridgehead atoms. The molecule has 0 amide bonds. The summed E-state index contributed by atoms with van der Waals surface area (Å²) in [7, 11) is 1.71. The van der Waals surface area contributed by atoms with Crippen molar-refractivity contribution in [3.63, 3.8) is 0 Å².